The van der Waals surface area contributed by atoms with Crippen molar-refractivity contribution in [1.29, 1.82) is 0 Å². The zero-order valence-electron chi connectivity index (χ0n) is 8.64. The number of aryl methyl sites for hydroxylation is 2. The minimum atomic E-state index is 0.549. The fourth-order valence-corrected chi connectivity index (χ4v) is 1.48. The molecule has 4 heteroatoms. The van der Waals surface area contributed by atoms with Gasteiger partial charge < -0.3 is 0 Å². The number of carbonyl (C=O) groups excluding carboxylic acids is 1. The second-order valence-corrected chi connectivity index (χ2v) is 3.35. The van der Waals surface area contributed by atoms with Crippen molar-refractivity contribution >= 4 is 6.29 Å². The van der Waals surface area contributed by atoms with Gasteiger partial charge in [-0.25, -0.2) is 0 Å². The zero-order chi connectivity index (χ0) is 10.8. The highest BCUT2D eigenvalue weighted by molar-refractivity contribution is 5.84. The van der Waals surface area contributed by atoms with Crippen molar-refractivity contribution in [2.75, 3.05) is 0 Å². The Morgan fingerprint density at radius 2 is 2.20 bits per heavy atom. The van der Waals surface area contributed by atoms with Crippen LogP contribution >= 0.6 is 0 Å². The maximum atomic E-state index is 10.9. The lowest BCUT2D eigenvalue weighted by atomic mass is 10.1. The van der Waals surface area contributed by atoms with Gasteiger partial charge in [0.25, 0.3) is 0 Å². The van der Waals surface area contributed by atoms with Gasteiger partial charge in [-0.1, -0.05) is 6.07 Å². The first-order valence-corrected chi connectivity index (χ1v) is 4.63. The Morgan fingerprint density at radius 1 is 1.40 bits per heavy atom. The number of hydrogen-bond donors (Lipinski definition) is 0. The molecule has 2 heterocycles. The van der Waals surface area contributed by atoms with E-state index in [1.54, 1.807) is 17.9 Å². The molecule has 0 N–H and O–H groups in total. The lowest BCUT2D eigenvalue weighted by Crippen LogP contribution is -1.97. The molecule has 0 atom stereocenters. The highest BCUT2D eigenvalue weighted by Crippen LogP contribution is 2.19. The molecule has 0 aliphatic rings. The molecule has 4 nitrogen and oxygen atoms in total. The normalized spacial score (nSPS) is 10.3. The number of aromatic nitrogens is 3. The molecule has 2 rings (SSSR count). The van der Waals surface area contributed by atoms with Crippen molar-refractivity contribution < 1.29 is 4.79 Å². The van der Waals surface area contributed by atoms with Crippen LogP contribution in [0.2, 0.25) is 0 Å². The first-order valence-electron chi connectivity index (χ1n) is 4.63. The van der Waals surface area contributed by atoms with E-state index in [2.05, 4.69) is 10.1 Å². The Balaban J connectivity index is 2.58. The summed E-state index contributed by atoms with van der Waals surface area (Å²) in [5.41, 5.74) is 3.03. The van der Waals surface area contributed by atoms with E-state index in [-0.39, 0.29) is 0 Å². The van der Waals surface area contributed by atoms with Crippen molar-refractivity contribution in [3.8, 4) is 11.3 Å². The Kier molecular flexibility index (Phi) is 2.33. The van der Waals surface area contributed by atoms with Crippen LogP contribution < -0.4 is 0 Å². The summed E-state index contributed by atoms with van der Waals surface area (Å²) in [4.78, 5) is 15.2. The zero-order valence-corrected chi connectivity index (χ0v) is 8.64. The molecule has 0 spiro atoms. The number of rotatable bonds is 2. The predicted octanol–water partition coefficient (Wildman–Crippen LogP) is 1.60. The van der Waals surface area contributed by atoms with Gasteiger partial charge in [-0.2, -0.15) is 5.10 Å². The van der Waals surface area contributed by atoms with Crippen LogP contribution in [0.3, 0.4) is 0 Å². The topological polar surface area (TPSA) is 47.8 Å². The van der Waals surface area contributed by atoms with Gasteiger partial charge >= 0.3 is 0 Å². The summed E-state index contributed by atoms with van der Waals surface area (Å²) in [6.07, 6.45) is 2.46. The van der Waals surface area contributed by atoms with E-state index in [1.807, 2.05) is 25.1 Å². The molecule has 0 aliphatic carbocycles. The first kappa shape index (κ1) is 9.58. The van der Waals surface area contributed by atoms with Gasteiger partial charge in [0.15, 0.2) is 6.29 Å². The second kappa shape index (κ2) is 3.65. The third-order valence-electron chi connectivity index (χ3n) is 2.26. The smallest absolute Gasteiger partial charge is 0.168 e. The second-order valence-electron chi connectivity index (χ2n) is 3.35. The number of aldehydes is 1. The average molecular weight is 201 g/mol. The molecule has 0 saturated carbocycles. The summed E-state index contributed by atoms with van der Waals surface area (Å²) in [7, 11) is 1.74. The van der Waals surface area contributed by atoms with Crippen molar-refractivity contribution in [1.82, 2.24) is 14.8 Å². The van der Waals surface area contributed by atoms with E-state index < -0.39 is 0 Å². The first-order chi connectivity index (χ1) is 7.22. The Hall–Kier alpha value is -1.97. The van der Waals surface area contributed by atoms with Gasteiger partial charge in [0.2, 0.25) is 0 Å². The van der Waals surface area contributed by atoms with Crippen molar-refractivity contribution in [2.24, 2.45) is 7.05 Å². The molecule has 15 heavy (non-hydrogen) atoms. The SMILES string of the molecule is Cc1cccc(-c2cnn(C)c2C=O)n1. The van der Waals surface area contributed by atoms with Crippen molar-refractivity contribution in [3.63, 3.8) is 0 Å². The fourth-order valence-electron chi connectivity index (χ4n) is 1.48. The molecule has 0 unspecified atom stereocenters. The summed E-state index contributed by atoms with van der Waals surface area (Å²) in [6, 6.07) is 5.71. The lowest BCUT2D eigenvalue weighted by molar-refractivity contribution is 0.111. The predicted molar refractivity (Wildman–Crippen MR) is 56.6 cm³/mol. The van der Waals surface area contributed by atoms with Crippen LogP contribution in [0, 0.1) is 6.92 Å². The molecule has 0 bridgehead atoms. The minimum absolute atomic E-state index is 0.549. The van der Waals surface area contributed by atoms with E-state index in [9.17, 15) is 4.79 Å². The molecule has 76 valence electrons. The Labute approximate surface area is 87.6 Å². The van der Waals surface area contributed by atoms with E-state index in [0.717, 1.165) is 23.2 Å². The number of pyridine rings is 1. The van der Waals surface area contributed by atoms with Gasteiger partial charge in [0.1, 0.15) is 5.69 Å². The molecule has 0 radical (unpaired) electrons. The summed E-state index contributed by atoms with van der Waals surface area (Å²) in [5, 5.41) is 4.04. The number of hydrogen-bond acceptors (Lipinski definition) is 3. The van der Waals surface area contributed by atoms with Crippen LogP contribution in [-0.2, 0) is 7.05 Å². The fraction of sp³-hybridized carbons (Fsp3) is 0.182. The molecule has 0 aromatic carbocycles. The van der Waals surface area contributed by atoms with Gasteiger partial charge in [-0.05, 0) is 19.1 Å². The van der Waals surface area contributed by atoms with E-state index in [1.165, 1.54) is 0 Å². The van der Waals surface area contributed by atoms with Gasteiger partial charge in [0, 0.05) is 18.3 Å². The maximum absolute atomic E-state index is 10.9. The molecule has 2 aromatic heterocycles. The Morgan fingerprint density at radius 3 is 2.87 bits per heavy atom. The third kappa shape index (κ3) is 1.66. The summed E-state index contributed by atoms with van der Waals surface area (Å²) in [5.74, 6) is 0. The number of nitrogens with zero attached hydrogens (tertiary/aromatic N) is 3. The lowest BCUT2D eigenvalue weighted by Gasteiger charge is -2.00. The van der Waals surface area contributed by atoms with Gasteiger partial charge in [-0.15, -0.1) is 0 Å². The standard InChI is InChI=1S/C11H11N3O/c1-8-4-3-5-10(13-8)9-6-12-14(2)11(9)7-15/h3-7H,1-2H3. The van der Waals surface area contributed by atoms with Crippen molar-refractivity contribution in [2.45, 2.75) is 6.92 Å². The van der Waals surface area contributed by atoms with Crippen molar-refractivity contribution in [3.05, 3.63) is 35.8 Å². The monoisotopic (exact) mass is 201 g/mol. The Bertz CT molecular complexity index is 502. The molecule has 0 saturated heterocycles. The van der Waals surface area contributed by atoms with Crippen LogP contribution in [0.1, 0.15) is 16.2 Å². The van der Waals surface area contributed by atoms with Crippen LogP contribution in [-0.4, -0.2) is 21.1 Å². The highest BCUT2D eigenvalue weighted by Gasteiger charge is 2.10. The van der Waals surface area contributed by atoms with Gasteiger partial charge in [-0.3, -0.25) is 14.5 Å². The number of carbonyl (C=O) groups is 1. The van der Waals surface area contributed by atoms with Crippen LogP contribution in [0.5, 0.6) is 0 Å². The molecule has 2 aromatic rings. The van der Waals surface area contributed by atoms with Crippen LogP contribution in [0.25, 0.3) is 11.3 Å². The molecule has 0 aliphatic heterocycles. The quantitative estimate of drug-likeness (QED) is 0.693. The van der Waals surface area contributed by atoms with E-state index >= 15 is 0 Å². The molecule has 0 fully saturated rings. The summed E-state index contributed by atoms with van der Waals surface area (Å²) >= 11 is 0. The molecule has 0 amide bonds. The highest BCUT2D eigenvalue weighted by atomic mass is 16.1. The molecular weight excluding hydrogens is 190 g/mol. The third-order valence-corrected chi connectivity index (χ3v) is 2.26. The minimum Gasteiger partial charge on any atom is -0.296 e. The van der Waals surface area contributed by atoms with Crippen LogP contribution in [0.4, 0.5) is 0 Å². The average Bonchev–Trinajstić information content (AvgIpc) is 2.59. The van der Waals surface area contributed by atoms with Crippen LogP contribution in [0.15, 0.2) is 24.4 Å². The van der Waals surface area contributed by atoms with Gasteiger partial charge in [0.05, 0.1) is 11.9 Å². The summed E-state index contributed by atoms with van der Waals surface area (Å²) < 4.78 is 1.55. The summed E-state index contributed by atoms with van der Waals surface area (Å²) in [6.45, 7) is 1.92. The van der Waals surface area contributed by atoms with E-state index in [0.29, 0.717) is 5.69 Å². The van der Waals surface area contributed by atoms with E-state index in [4.69, 9.17) is 0 Å². The largest absolute Gasteiger partial charge is 0.296 e. The maximum Gasteiger partial charge on any atom is 0.168 e. The molecular formula is C11H11N3O.